The summed E-state index contributed by atoms with van der Waals surface area (Å²) in [6.07, 6.45) is -0.882. The van der Waals surface area contributed by atoms with Gasteiger partial charge in [-0.3, -0.25) is 9.52 Å². The third-order valence-corrected chi connectivity index (χ3v) is 6.14. The minimum absolute atomic E-state index is 0.108. The van der Waals surface area contributed by atoms with E-state index >= 15 is 0 Å². The Labute approximate surface area is 196 Å². The number of carbonyl (C=O) groups is 1. The molecular formula is C23H20ClN3O5S. The van der Waals surface area contributed by atoms with Gasteiger partial charge in [-0.2, -0.15) is 5.26 Å². The predicted molar refractivity (Wildman–Crippen MR) is 125 cm³/mol. The fraction of sp³-hybridized carbons (Fsp3) is 0.130. The number of amides is 1. The van der Waals surface area contributed by atoms with Crippen LogP contribution in [0.4, 0.5) is 11.4 Å². The molecule has 0 aliphatic rings. The Morgan fingerprint density at radius 2 is 1.67 bits per heavy atom. The van der Waals surface area contributed by atoms with Crippen LogP contribution >= 0.6 is 11.6 Å². The number of hydrogen-bond donors (Lipinski definition) is 2. The molecule has 0 aromatic heterocycles. The van der Waals surface area contributed by atoms with Gasteiger partial charge < -0.3 is 14.8 Å². The first kappa shape index (κ1) is 23.9. The van der Waals surface area contributed by atoms with Gasteiger partial charge >= 0.3 is 0 Å². The molecule has 1 amide bonds. The van der Waals surface area contributed by atoms with Crippen molar-refractivity contribution < 1.29 is 22.7 Å². The first-order valence-corrected chi connectivity index (χ1v) is 11.5. The maximum Gasteiger partial charge on any atom is 0.265 e. The summed E-state index contributed by atoms with van der Waals surface area (Å²) in [6, 6.07) is 18.8. The molecule has 0 aliphatic heterocycles. The minimum Gasteiger partial charge on any atom is -0.495 e. The van der Waals surface area contributed by atoms with Crippen molar-refractivity contribution in [3.8, 4) is 17.6 Å². The molecule has 170 valence electrons. The van der Waals surface area contributed by atoms with Crippen molar-refractivity contribution in [2.75, 3.05) is 17.1 Å². The number of nitrogens with one attached hydrogen (secondary N) is 2. The zero-order valence-corrected chi connectivity index (χ0v) is 19.3. The van der Waals surface area contributed by atoms with Gasteiger partial charge in [-0.1, -0.05) is 11.6 Å². The summed E-state index contributed by atoms with van der Waals surface area (Å²) in [5.41, 5.74) is 1.03. The van der Waals surface area contributed by atoms with Gasteiger partial charge in [-0.25, -0.2) is 8.42 Å². The monoisotopic (exact) mass is 485 g/mol. The molecule has 0 spiro atoms. The van der Waals surface area contributed by atoms with Crippen LogP contribution in [0.1, 0.15) is 12.5 Å². The maximum absolute atomic E-state index is 12.9. The highest BCUT2D eigenvalue weighted by molar-refractivity contribution is 7.92. The average molecular weight is 486 g/mol. The summed E-state index contributed by atoms with van der Waals surface area (Å²) in [7, 11) is -2.68. The van der Waals surface area contributed by atoms with Crippen LogP contribution in [0.2, 0.25) is 5.02 Å². The molecule has 3 aromatic carbocycles. The number of nitrogens with zero attached hydrogens (tertiary/aromatic N) is 1. The molecule has 1 atom stereocenters. The summed E-state index contributed by atoms with van der Waals surface area (Å²) in [5.74, 6) is 0.0386. The Hall–Kier alpha value is -3.74. The molecule has 3 rings (SSSR count). The normalized spacial score (nSPS) is 11.7. The second-order valence-electron chi connectivity index (χ2n) is 6.86. The van der Waals surface area contributed by atoms with Crippen LogP contribution in [0.3, 0.4) is 0 Å². The van der Waals surface area contributed by atoms with E-state index in [0.29, 0.717) is 22.0 Å². The smallest absolute Gasteiger partial charge is 0.265 e. The molecule has 0 bridgehead atoms. The summed E-state index contributed by atoms with van der Waals surface area (Å²) >= 11 is 5.85. The standard InChI is InChI=1S/C23H20ClN3O5S/c1-15(32-20-10-3-16(14-25)4-11-20)23(28)26-19-9-12-21(31-2)22(13-19)33(29,30)27-18-7-5-17(24)6-8-18/h3-13,15,27H,1-2H3,(H,26,28). The van der Waals surface area contributed by atoms with Crippen LogP contribution in [0.5, 0.6) is 11.5 Å². The van der Waals surface area contributed by atoms with Gasteiger partial charge in [0.15, 0.2) is 6.10 Å². The van der Waals surface area contributed by atoms with Crippen LogP contribution in [-0.4, -0.2) is 27.5 Å². The highest BCUT2D eigenvalue weighted by Gasteiger charge is 2.22. The Morgan fingerprint density at radius 1 is 1.03 bits per heavy atom. The average Bonchev–Trinajstić information content (AvgIpc) is 2.81. The van der Waals surface area contributed by atoms with Crippen LogP contribution in [0.15, 0.2) is 71.6 Å². The number of ether oxygens (including phenoxy) is 2. The fourth-order valence-corrected chi connectivity index (χ4v) is 4.18. The van der Waals surface area contributed by atoms with Gasteiger partial charge in [0.1, 0.15) is 16.4 Å². The lowest BCUT2D eigenvalue weighted by Crippen LogP contribution is -2.30. The number of hydrogen-bond acceptors (Lipinski definition) is 6. The lowest BCUT2D eigenvalue weighted by Gasteiger charge is -2.16. The van der Waals surface area contributed by atoms with Crippen molar-refractivity contribution in [1.82, 2.24) is 0 Å². The fourth-order valence-electron chi connectivity index (χ4n) is 2.80. The van der Waals surface area contributed by atoms with E-state index in [4.69, 9.17) is 26.3 Å². The molecular weight excluding hydrogens is 466 g/mol. The number of methoxy groups -OCH3 is 1. The van der Waals surface area contributed by atoms with Gasteiger partial charge in [0.2, 0.25) is 0 Å². The molecule has 3 aromatic rings. The number of rotatable bonds is 8. The van der Waals surface area contributed by atoms with Gasteiger partial charge in [0.25, 0.3) is 15.9 Å². The number of benzene rings is 3. The summed E-state index contributed by atoms with van der Waals surface area (Å²) in [6.45, 7) is 1.55. The molecule has 0 fully saturated rings. The number of sulfonamides is 1. The Balaban J connectivity index is 1.77. The van der Waals surface area contributed by atoms with E-state index in [1.807, 2.05) is 6.07 Å². The second kappa shape index (κ2) is 10.3. The number of halogens is 1. The van der Waals surface area contributed by atoms with Crippen molar-refractivity contribution in [3.05, 3.63) is 77.3 Å². The molecule has 0 saturated heterocycles. The minimum atomic E-state index is -4.03. The van der Waals surface area contributed by atoms with Crippen LogP contribution < -0.4 is 19.5 Å². The van der Waals surface area contributed by atoms with Crippen LogP contribution in [0.25, 0.3) is 0 Å². The van der Waals surface area contributed by atoms with Crippen molar-refractivity contribution in [1.29, 1.82) is 5.26 Å². The summed E-state index contributed by atoms with van der Waals surface area (Å²) < 4.78 is 39.1. The van der Waals surface area contributed by atoms with Gasteiger partial charge in [0.05, 0.1) is 18.7 Å². The van der Waals surface area contributed by atoms with E-state index < -0.39 is 22.0 Å². The third kappa shape index (κ3) is 6.16. The van der Waals surface area contributed by atoms with Crippen molar-refractivity contribution >= 4 is 38.9 Å². The molecule has 33 heavy (non-hydrogen) atoms. The van der Waals surface area contributed by atoms with E-state index in [2.05, 4.69) is 10.0 Å². The molecule has 2 N–H and O–H groups in total. The first-order chi connectivity index (χ1) is 15.7. The zero-order chi connectivity index (χ0) is 24.0. The molecule has 0 heterocycles. The van der Waals surface area contributed by atoms with Gasteiger partial charge in [-0.15, -0.1) is 0 Å². The SMILES string of the molecule is COc1ccc(NC(=O)C(C)Oc2ccc(C#N)cc2)cc1S(=O)(=O)Nc1ccc(Cl)cc1. The number of anilines is 2. The maximum atomic E-state index is 12.9. The van der Waals surface area contributed by atoms with Gasteiger partial charge in [0, 0.05) is 16.4 Å². The molecule has 0 aliphatic carbocycles. The van der Waals surface area contributed by atoms with Crippen LogP contribution in [-0.2, 0) is 14.8 Å². The largest absolute Gasteiger partial charge is 0.495 e. The highest BCUT2D eigenvalue weighted by atomic mass is 35.5. The third-order valence-electron chi connectivity index (χ3n) is 4.48. The Morgan fingerprint density at radius 3 is 2.27 bits per heavy atom. The van der Waals surface area contributed by atoms with E-state index in [0.717, 1.165) is 0 Å². The van der Waals surface area contributed by atoms with Crippen LogP contribution in [0, 0.1) is 11.3 Å². The number of nitriles is 1. The van der Waals surface area contributed by atoms with E-state index in [-0.39, 0.29) is 16.3 Å². The van der Waals surface area contributed by atoms with E-state index in [1.54, 1.807) is 43.3 Å². The zero-order valence-electron chi connectivity index (χ0n) is 17.7. The van der Waals surface area contributed by atoms with Crippen molar-refractivity contribution in [2.45, 2.75) is 17.9 Å². The molecule has 0 radical (unpaired) electrons. The summed E-state index contributed by atoms with van der Waals surface area (Å²) in [5, 5.41) is 12.0. The molecule has 10 heteroatoms. The second-order valence-corrected chi connectivity index (χ2v) is 8.95. The Kier molecular flexibility index (Phi) is 7.43. The lowest BCUT2D eigenvalue weighted by atomic mass is 10.2. The van der Waals surface area contributed by atoms with E-state index in [1.165, 1.54) is 37.4 Å². The summed E-state index contributed by atoms with van der Waals surface area (Å²) in [4.78, 5) is 12.4. The molecule has 0 saturated carbocycles. The highest BCUT2D eigenvalue weighted by Crippen LogP contribution is 2.29. The van der Waals surface area contributed by atoms with Gasteiger partial charge in [-0.05, 0) is 73.7 Å². The Bertz CT molecular complexity index is 1290. The molecule has 8 nitrogen and oxygen atoms in total. The number of carbonyl (C=O) groups excluding carboxylic acids is 1. The van der Waals surface area contributed by atoms with Crippen molar-refractivity contribution in [3.63, 3.8) is 0 Å². The lowest BCUT2D eigenvalue weighted by molar-refractivity contribution is -0.122. The quantitative estimate of drug-likeness (QED) is 0.487. The topological polar surface area (TPSA) is 118 Å². The van der Waals surface area contributed by atoms with E-state index in [9.17, 15) is 13.2 Å². The van der Waals surface area contributed by atoms with Crippen molar-refractivity contribution in [2.24, 2.45) is 0 Å². The molecule has 1 unspecified atom stereocenters. The predicted octanol–water partition coefficient (Wildman–Crippen LogP) is 4.43. The first-order valence-electron chi connectivity index (χ1n) is 9.66.